The van der Waals surface area contributed by atoms with Crippen molar-refractivity contribution in [1.29, 1.82) is 0 Å². The Morgan fingerprint density at radius 2 is 0.450 bits per heavy atom. The summed E-state index contributed by atoms with van der Waals surface area (Å²) in [7, 11) is 0. The molecule has 7 N–H and O–H groups in total. The van der Waals surface area contributed by atoms with Gasteiger partial charge in [0, 0.05) is 0 Å². The minimum atomic E-state index is -6.60. The Morgan fingerprint density at radius 3 is 0.633 bits per heavy atom. The lowest BCUT2D eigenvalue weighted by atomic mass is 10.4. The van der Waals surface area contributed by atoms with E-state index in [0.717, 1.165) is 0 Å². The first-order chi connectivity index (χ1) is 27.1. The Hall–Kier alpha value is -1.80. The highest BCUT2D eigenvalue weighted by atomic mass is 19.4. The third-order valence-electron chi connectivity index (χ3n) is 5.77. The molecule has 0 rings (SSSR count). The van der Waals surface area contributed by atoms with Gasteiger partial charge in [0.05, 0.1) is 66.1 Å². The molecule has 60 heavy (non-hydrogen) atoms. The number of halogens is 16. The van der Waals surface area contributed by atoms with E-state index in [0.29, 0.717) is 0 Å². The number of aliphatic hydroxyl groups is 7. The number of alkyl halides is 16. The van der Waals surface area contributed by atoms with Crippen LogP contribution in [0.25, 0.3) is 0 Å². The molecule has 17 nitrogen and oxygen atoms in total. The van der Waals surface area contributed by atoms with Gasteiger partial charge in [0.2, 0.25) is 0 Å². The molecule has 0 aromatic heterocycles. The lowest BCUT2D eigenvalue weighted by Crippen LogP contribution is -2.53. The summed E-state index contributed by atoms with van der Waals surface area (Å²) < 4.78 is 255. The van der Waals surface area contributed by atoms with E-state index in [-0.39, 0.29) is 0 Å². The Kier molecular flexibility index (Phi) is 24.1. The second kappa shape index (κ2) is 24.9. The van der Waals surface area contributed by atoms with E-state index < -0.39 is 172 Å². The number of rotatable bonds is 36. The topological polar surface area (TPSA) is 234 Å². The minimum absolute atomic E-state index is 0.555. The summed E-state index contributed by atoms with van der Waals surface area (Å²) in [6.45, 7) is -19.3. The van der Waals surface area contributed by atoms with Crippen molar-refractivity contribution < 1.29 is 153 Å². The van der Waals surface area contributed by atoms with E-state index >= 15 is 0 Å². The van der Waals surface area contributed by atoms with Gasteiger partial charge in [0.15, 0.2) is 0 Å². The molecule has 4 unspecified atom stereocenters. The maximum absolute atomic E-state index is 13.8. The fourth-order valence-corrected chi connectivity index (χ4v) is 3.29. The monoisotopic (exact) mass is 940 g/mol. The fraction of sp³-hybridized carbons (Fsp3) is 1.00. The molecule has 0 spiro atoms. The van der Waals surface area contributed by atoms with Crippen molar-refractivity contribution in [3.63, 3.8) is 0 Å². The van der Waals surface area contributed by atoms with Crippen LogP contribution in [0, 0.1) is 0 Å². The molecule has 0 radical (unpaired) electrons. The van der Waals surface area contributed by atoms with Crippen LogP contribution in [-0.2, 0) is 47.4 Å². The summed E-state index contributed by atoms with van der Waals surface area (Å²) in [4.78, 5) is 0. The first kappa shape index (κ1) is 58.2. The quantitative estimate of drug-likeness (QED) is 0.0428. The van der Waals surface area contributed by atoms with Gasteiger partial charge in [-0.3, -0.25) is 0 Å². The first-order valence-corrected chi connectivity index (χ1v) is 16.0. The third kappa shape index (κ3) is 24.2. The van der Waals surface area contributed by atoms with Crippen LogP contribution in [-0.4, -0.2) is 208 Å². The lowest BCUT2D eigenvalue weighted by molar-refractivity contribution is -0.516. The largest absolute Gasteiger partial charge is 0.453 e. The summed E-state index contributed by atoms with van der Waals surface area (Å²) in [5, 5.41) is 63.6. The Bertz CT molecular complexity index is 1100. The van der Waals surface area contributed by atoms with Crippen molar-refractivity contribution in [2.24, 2.45) is 0 Å². The lowest BCUT2D eigenvalue weighted by Gasteiger charge is -2.31. The van der Waals surface area contributed by atoms with Crippen LogP contribution in [0.15, 0.2) is 0 Å². The minimum Gasteiger partial charge on any atom is -0.394 e. The average molecular weight is 941 g/mol. The molecule has 0 fully saturated rings. The van der Waals surface area contributed by atoms with Crippen LogP contribution in [0.4, 0.5) is 70.2 Å². The Morgan fingerprint density at radius 1 is 0.283 bits per heavy atom. The maximum Gasteiger partial charge on any atom is 0.453 e. The summed E-state index contributed by atoms with van der Waals surface area (Å²) in [5.74, 6) is 0. The van der Waals surface area contributed by atoms with E-state index in [1.807, 2.05) is 0 Å². The summed E-state index contributed by atoms with van der Waals surface area (Å²) >= 11 is 0. The molecule has 0 aromatic carbocycles. The predicted molar refractivity (Wildman–Crippen MR) is 153 cm³/mol. The molecule has 4 atom stereocenters. The molecular weight excluding hydrogens is 900 g/mol. The van der Waals surface area contributed by atoms with Crippen LogP contribution >= 0.6 is 0 Å². The van der Waals surface area contributed by atoms with E-state index in [2.05, 4.69) is 47.4 Å². The average Bonchev–Trinajstić information content (AvgIpc) is 3.05. The van der Waals surface area contributed by atoms with Gasteiger partial charge in [-0.1, -0.05) is 0 Å². The second-order valence-electron chi connectivity index (χ2n) is 11.8. The second-order valence-corrected chi connectivity index (χ2v) is 11.8. The Labute approximate surface area is 326 Å². The number of hydrogen-bond donors (Lipinski definition) is 7. The van der Waals surface area contributed by atoms with Gasteiger partial charge in [-0.15, -0.1) is 0 Å². The molecule has 0 amide bonds. The van der Waals surface area contributed by atoms with E-state index in [4.69, 9.17) is 20.4 Å². The summed E-state index contributed by atoms with van der Waals surface area (Å²) in [6.07, 6.45) is -57.0. The highest BCUT2D eigenvalue weighted by molar-refractivity contribution is 4.74. The van der Waals surface area contributed by atoms with Gasteiger partial charge in [0.1, 0.15) is 56.9 Å². The van der Waals surface area contributed by atoms with Crippen molar-refractivity contribution in [1.82, 2.24) is 0 Å². The molecule has 0 aliphatic carbocycles. The maximum atomic E-state index is 13.8. The SMILES string of the molecule is OCC(O)COCC(O)COCC(F)(F)OC(F)(F)C(F)(F)OC(F)(F)COCC(O)COCC(F)(F)OC(F)(F)C(F)(F)OC(F)(F)COCC(O)COCC(O)CO. The van der Waals surface area contributed by atoms with Crippen LogP contribution in [0.2, 0.25) is 0 Å². The first-order valence-electron chi connectivity index (χ1n) is 16.0. The third-order valence-corrected chi connectivity index (χ3v) is 5.77. The van der Waals surface area contributed by atoms with Crippen LogP contribution in [0.1, 0.15) is 0 Å². The molecular formula is C27H40F16O17. The van der Waals surface area contributed by atoms with Crippen LogP contribution < -0.4 is 0 Å². The molecule has 33 heteroatoms. The molecule has 362 valence electrons. The zero-order chi connectivity index (χ0) is 46.9. The normalized spacial score (nSPS) is 16.9. The highest BCUT2D eigenvalue weighted by Crippen LogP contribution is 2.44. The number of ether oxygens (including phenoxy) is 10. The summed E-state index contributed by atoms with van der Waals surface area (Å²) in [5.41, 5.74) is 0. The summed E-state index contributed by atoms with van der Waals surface area (Å²) in [6, 6.07) is 0. The van der Waals surface area contributed by atoms with Gasteiger partial charge in [-0.2, -0.15) is 70.2 Å². The molecule has 0 saturated heterocycles. The molecule has 0 aromatic rings. The molecule has 0 aliphatic rings. The zero-order valence-electron chi connectivity index (χ0n) is 30.0. The van der Waals surface area contributed by atoms with Gasteiger partial charge in [0.25, 0.3) is 0 Å². The molecule has 0 aliphatic heterocycles. The standard InChI is InChI=1S/C27H40F16O17/c28-20(29,11-53-7-17(48)5-51-3-15(46)1-44)57-24(36,37)26(40,41)59-22(32,33)13-55-9-19(50)10-56-14-23(34,35)60-27(42,43)25(38,39)58-21(30,31)12-54-8-18(49)6-52-4-16(47)2-45/h15-19,44-50H,1-14H2. The van der Waals surface area contributed by atoms with Gasteiger partial charge < -0.3 is 64.2 Å². The predicted octanol–water partition coefficient (Wildman–Crippen LogP) is 0.684. The van der Waals surface area contributed by atoms with Crippen molar-refractivity contribution in [3.05, 3.63) is 0 Å². The zero-order valence-corrected chi connectivity index (χ0v) is 30.0. The van der Waals surface area contributed by atoms with Crippen molar-refractivity contribution in [3.8, 4) is 0 Å². The highest BCUT2D eigenvalue weighted by Gasteiger charge is 2.68. The van der Waals surface area contributed by atoms with Crippen molar-refractivity contribution in [2.45, 2.75) is 79.4 Å². The van der Waals surface area contributed by atoms with Gasteiger partial charge >= 0.3 is 48.9 Å². The van der Waals surface area contributed by atoms with Crippen LogP contribution in [0.5, 0.6) is 0 Å². The Balaban J connectivity index is 4.87. The van der Waals surface area contributed by atoms with Crippen molar-refractivity contribution in [2.75, 3.05) is 92.5 Å². The van der Waals surface area contributed by atoms with Crippen LogP contribution in [0.3, 0.4) is 0 Å². The molecule has 0 saturated carbocycles. The molecule has 0 heterocycles. The fourth-order valence-electron chi connectivity index (χ4n) is 3.29. The van der Waals surface area contributed by atoms with Crippen molar-refractivity contribution >= 4 is 0 Å². The smallest absolute Gasteiger partial charge is 0.394 e. The van der Waals surface area contributed by atoms with E-state index in [1.165, 1.54) is 0 Å². The number of aliphatic hydroxyl groups excluding tert-OH is 7. The van der Waals surface area contributed by atoms with Gasteiger partial charge in [-0.05, 0) is 0 Å². The van der Waals surface area contributed by atoms with Gasteiger partial charge in [-0.25, -0.2) is 18.9 Å². The van der Waals surface area contributed by atoms with E-state index in [9.17, 15) is 85.6 Å². The van der Waals surface area contributed by atoms with E-state index in [1.54, 1.807) is 0 Å². The number of hydrogen-bond acceptors (Lipinski definition) is 17. The molecule has 0 bridgehead atoms.